The van der Waals surface area contributed by atoms with Crippen molar-refractivity contribution in [3.05, 3.63) is 69.3 Å². The van der Waals surface area contributed by atoms with Crippen LogP contribution in [0.2, 0.25) is 5.02 Å². The summed E-state index contributed by atoms with van der Waals surface area (Å²) in [6, 6.07) is 14.0. The number of nitrogens with zero attached hydrogens (tertiary/aromatic N) is 1. The Morgan fingerprint density at radius 3 is 2.56 bits per heavy atom. The van der Waals surface area contributed by atoms with Crippen LogP contribution in [0.5, 0.6) is 5.75 Å². The molecule has 0 bridgehead atoms. The van der Waals surface area contributed by atoms with Gasteiger partial charge in [-0.3, -0.25) is 4.98 Å². The van der Waals surface area contributed by atoms with Gasteiger partial charge in [-0.15, -0.1) is 0 Å². The Balaban J connectivity index is 1.91. The largest absolute Gasteiger partial charge is 0.505 e. The van der Waals surface area contributed by atoms with Crippen LogP contribution in [0.25, 0.3) is 10.9 Å². The second kappa shape index (κ2) is 6.94. The van der Waals surface area contributed by atoms with Crippen LogP contribution in [0.1, 0.15) is 30.0 Å². The van der Waals surface area contributed by atoms with E-state index in [2.05, 4.69) is 45.2 Å². The van der Waals surface area contributed by atoms with E-state index in [9.17, 15) is 5.11 Å². The van der Waals surface area contributed by atoms with Crippen molar-refractivity contribution in [2.24, 2.45) is 0 Å². The molecule has 1 aromatic heterocycles. The predicted molar refractivity (Wildman–Crippen MR) is 104 cm³/mol. The first kappa shape index (κ1) is 16.8. The van der Waals surface area contributed by atoms with Gasteiger partial charge in [0.05, 0.1) is 23.7 Å². The fourth-order valence-electron chi connectivity index (χ4n) is 3.83. The second-order valence-corrected chi connectivity index (χ2v) is 7.87. The van der Waals surface area contributed by atoms with Gasteiger partial charge < -0.3 is 10.0 Å². The molecular formula is C20H19BrClN2O+. The van der Waals surface area contributed by atoms with Crippen molar-refractivity contribution in [2.75, 3.05) is 13.1 Å². The molecule has 0 aliphatic carbocycles. The van der Waals surface area contributed by atoms with Crippen LogP contribution in [0.3, 0.4) is 0 Å². The standard InChI is InChI=1S/C20H18BrClN2O/c21-14-7-5-13(6-8-14)19(24-10-1-2-11-24)16-12-17(22)15-4-3-9-23-18(15)20(16)25/h3-9,12,19,25H,1-2,10-11H2/p+1/t19-/m1/s1. The summed E-state index contributed by atoms with van der Waals surface area (Å²) in [5.74, 6) is 0.243. The fourth-order valence-corrected chi connectivity index (χ4v) is 4.37. The molecule has 128 valence electrons. The number of hydrogen-bond donors (Lipinski definition) is 2. The molecule has 0 amide bonds. The molecule has 1 fully saturated rings. The van der Waals surface area contributed by atoms with Crippen molar-refractivity contribution in [1.82, 2.24) is 4.98 Å². The highest BCUT2D eigenvalue weighted by molar-refractivity contribution is 9.10. The van der Waals surface area contributed by atoms with Crippen molar-refractivity contribution in [3.8, 4) is 5.75 Å². The van der Waals surface area contributed by atoms with Gasteiger partial charge in [0.15, 0.2) is 5.75 Å². The number of aromatic hydroxyl groups is 1. The van der Waals surface area contributed by atoms with Crippen LogP contribution < -0.4 is 4.90 Å². The van der Waals surface area contributed by atoms with E-state index in [4.69, 9.17) is 11.6 Å². The number of benzene rings is 2. The quantitative estimate of drug-likeness (QED) is 0.671. The molecule has 0 unspecified atom stereocenters. The number of phenols is 1. The van der Waals surface area contributed by atoms with Gasteiger partial charge in [0, 0.05) is 34.5 Å². The van der Waals surface area contributed by atoms with Gasteiger partial charge in [0.25, 0.3) is 0 Å². The molecule has 0 spiro atoms. The van der Waals surface area contributed by atoms with Gasteiger partial charge in [-0.25, -0.2) is 0 Å². The molecule has 25 heavy (non-hydrogen) atoms. The molecule has 2 aromatic carbocycles. The molecule has 5 heteroatoms. The third kappa shape index (κ3) is 3.14. The second-order valence-electron chi connectivity index (χ2n) is 6.55. The number of nitrogens with one attached hydrogen (secondary N) is 1. The molecule has 1 atom stereocenters. The zero-order valence-electron chi connectivity index (χ0n) is 13.7. The van der Waals surface area contributed by atoms with Crippen LogP contribution in [0.4, 0.5) is 0 Å². The van der Waals surface area contributed by atoms with Crippen molar-refractivity contribution in [3.63, 3.8) is 0 Å². The van der Waals surface area contributed by atoms with E-state index >= 15 is 0 Å². The number of fused-ring (bicyclic) bond motifs is 1. The highest BCUT2D eigenvalue weighted by Crippen LogP contribution is 2.37. The molecule has 2 N–H and O–H groups in total. The summed E-state index contributed by atoms with van der Waals surface area (Å²) in [4.78, 5) is 5.83. The lowest BCUT2D eigenvalue weighted by atomic mass is 9.95. The Kier molecular flexibility index (Phi) is 4.67. The number of quaternary nitrogens is 1. The first-order chi connectivity index (χ1) is 12.1. The summed E-state index contributed by atoms with van der Waals surface area (Å²) in [6.07, 6.45) is 4.12. The molecule has 3 nitrogen and oxygen atoms in total. The lowest BCUT2D eigenvalue weighted by Crippen LogP contribution is -3.10. The zero-order valence-corrected chi connectivity index (χ0v) is 16.0. The highest BCUT2D eigenvalue weighted by Gasteiger charge is 2.32. The average molecular weight is 419 g/mol. The number of likely N-dealkylation sites (tertiary alicyclic amines) is 1. The molecule has 1 aliphatic rings. The van der Waals surface area contributed by atoms with Gasteiger partial charge in [0.2, 0.25) is 0 Å². The maximum absolute atomic E-state index is 11.0. The number of aromatic nitrogens is 1. The maximum Gasteiger partial charge on any atom is 0.151 e. The highest BCUT2D eigenvalue weighted by atomic mass is 79.9. The minimum absolute atomic E-state index is 0.0551. The minimum atomic E-state index is 0.0551. The predicted octanol–water partition coefficient (Wildman–Crippen LogP) is 4.12. The normalized spacial score (nSPS) is 16.4. The van der Waals surface area contributed by atoms with E-state index in [-0.39, 0.29) is 11.8 Å². The molecule has 4 rings (SSSR count). The van der Waals surface area contributed by atoms with E-state index < -0.39 is 0 Å². The lowest BCUT2D eigenvalue weighted by molar-refractivity contribution is -0.913. The van der Waals surface area contributed by atoms with E-state index in [1.807, 2.05) is 18.2 Å². The maximum atomic E-state index is 11.0. The summed E-state index contributed by atoms with van der Waals surface area (Å²) in [7, 11) is 0. The van der Waals surface area contributed by atoms with E-state index in [1.165, 1.54) is 23.3 Å². The fraction of sp³-hybridized carbons (Fsp3) is 0.250. The SMILES string of the molecule is Oc1c([C@@H](c2ccc(Br)cc2)[NH+]2CCCC2)cc(Cl)c2cccnc12. The first-order valence-electron chi connectivity index (χ1n) is 8.51. The molecule has 1 saturated heterocycles. The van der Waals surface area contributed by atoms with E-state index in [0.29, 0.717) is 10.5 Å². The monoisotopic (exact) mass is 417 g/mol. The Hall–Kier alpha value is -1.62. The van der Waals surface area contributed by atoms with Crippen molar-refractivity contribution >= 4 is 38.4 Å². The number of hydrogen-bond acceptors (Lipinski definition) is 2. The third-order valence-electron chi connectivity index (χ3n) is 5.01. The molecule has 0 saturated carbocycles. The van der Waals surface area contributed by atoms with Gasteiger partial charge >= 0.3 is 0 Å². The Morgan fingerprint density at radius 1 is 1.12 bits per heavy atom. The number of pyridine rings is 1. The summed E-state index contributed by atoms with van der Waals surface area (Å²) in [6.45, 7) is 2.19. The third-order valence-corrected chi connectivity index (χ3v) is 5.85. The van der Waals surface area contributed by atoms with Gasteiger partial charge in [-0.05, 0) is 30.3 Å². The summed E-state index contributed by atoms with van der Waals surface area (Å²) in [5.41, 5.74) is 2.61. The first-order valence-corrected chi connectivity index (χ1v) is 9.68. The summed E-state index contributed by atoms with van der Waals surface area (Å²) < 4.78 is 1.05. The van der Waals surface area contributed by atoms with Crippen LogP contribution in [-0.2, 0) is 0 Å². The molecular weight excluding hydrogens is 400 g/mol. The average Bonchev–Trinajstić information content (AvgIpc) is 3.15. The van der Waals surface area contributed by atoms with E-state index in [0.717, 1.165) is 28.5 Å². The zero-order chi connectivity index (χ0) is 17.4. The smallest absolute Gasteiger partial charge is 0.151 e. The van der Waals surface area contributed by atoms with Crippen LogP contribution in [0.15, 0.2) is 53.1 Å². The molecule has 0 radical (unpaired) electrons. The van der Waals surface area contributed by atoms with Crippen molar-refractivity contribution < 1.29 is 10.0 Å². The van der Waals surface area contributed by atoms with Gasteiger partial charge in [-0.2, -0.15) is 0 Å². The van der Waals surface area contributed by atoms with E-state index in [1.54, 1.807) is 6.20 Å². The number of rotatable bonds is 3. The summed E-state index contributed by atoms with van der Waals surface area (Å²) in [5, 5.41) is 12.4. The Bertz CT molecular complexity index is 907. The number of phenolic OH excluding ortho intramolecular Hbond substituents is 1. The Morgan fingerprint density at radius 2 is 1.84 bits per heavy atom. The molecule has 1 aliphatic heterocycles. The Labute approximate surface area is 160 Å². The van der Waals surface area contributed by atoms with Crippen LogP contribution in [0, 0.1) is 0 Å². The van der Waals surface area contributed by atoms with Crippen molar-refractivity contribution in [1.29, 1.82) is 0 Å². The summed E-state index contributed by atoms with van der Waals surface area (Å²) >= 11 is 10.0. The molecule has 3 aromatic rings. The minimum Gasteiger partial charge on any atom is -0.505 e. The van der Waals surface area contributed by atoms with Crippen LogP contribution in [-0.4, -0.2) is 23.2 Å². The van der Waals surface area contributed by atoms with Crippen molar-refractivity contribution in [2.45, 2.75) is 18.9 Å². The topological polar surface area (TPSA) is 37.6 Å². The van der Waals surface area contributed by atoms with Gasteiger partial charge in [0.1, 0.15) is 11.6 Å². The lowest BCUT2D eigenvalue weighted by Gasteiger charge is -2.26. The van der Waals surface area contributed by atoms with Gasteiger partial charge in [-0.1, -0.05) is 39.7 Å². The van der Waals surface area contributed by atoms with Crippen LogP contribution >= 0.6 is 27.5 Å². The molecule has 2 heterocycles. The number of halogens is 2.